The van der Waals surface area contributed by atoms with Crippen LogP contribution >= 0.6 is 0 Å². The van der Waals surface area contributed by atoms with Crippen molar-refractivity contribution < 1.29 is 18.0 Å². The van der Waals surface area contributed by atoms with Crippen molar-refractivity contribution in [3.8, 4) is 0 Å². The molecule has 1 aliphatic heterocycles. The third kappa shape index (κ3) is 2.35. The van der Waals surface area contributed by atoms with E-state index in [2.05, 4.69) is 0 Å². The van der Waals surface area contributed by atoms with Crippen molar-refractivity contribution in [1.82, 2.24) is 4.90 Å². The molecule has 0 saturated carbocycles. The summed E-state index contributed by atoms with van der Waals surface area (Å²) in [6, 6.07) is 6.08. The minimum atomic E-state index is -4.70. The van der Waals surface area contributed by atoms with Crippen molar-refractivity contribution in [2.24, 2.45) is 0 Å². The maximum atomic E-state index is 12.9. The molecule has 0 N–H and O–H groups in total. The SMILES string of the molecule is O=C(N1CCC1)N(c1ccccc1)C(F)(F)F. The highest BCUT2D eigenvalue weighted by atomic mass is 19.4. The second-order valence-corrected chi connectivity index (χ2v) is 3.76. The van der Waals surface area contributed by atoms with Gasteiger partial charge in [0.1, 0.15) is 0 Å². The molecule has 2 amide bonds. The lowest BCUT2D eigenvalue weighted by molar-refractivity contribution is -0.123. The summed E-state index contributed by atoms with van der Waals surface area (Å²) in [5, 5.41) is 0. The summed E-state index contributed by atoms with van der Waals surface area (Å²) in [6.45, 7) is 0.774. The predicted octanol–water partition coefficient (Wildman–Crippen LogP) is 2.84. The van der Waals surface area contributed by atoms with Gasteiger partial charge in [-0.2, -0.15) is 0 Å². The number of para-hydroxylation sites is 1. The molecule has 6 heteroatoms. The average Bonchev–Trinajstić information content (AvgIpc) is 2.14. The van der Waals surface area contributed by atoms with Crippen molar-refractivity contribution >= 4 is 11.7 Å². The summed E-state index contributed by atoms with van der Waals surface area (Å²) in [5.41, 5.74) is -0.156. The number of carbonyl (C=O) groups is 1. The van der Waals surface area contributed by atoms with E-state index in [1.165, 1.54) is 29.2 Å². The summed E-state index contributed by atoms with van der Waals surface area (Å²) >= 11 is 0. The lowest BCUT2D eigenvalue weighted by Gasteiger charge is -2.36. The zero-order valence-electron chi connectivity index (χ0n) is 8.94. The number of alkyl halides is 3. The molecule has 0 aromatic heterocycles. The highest BCUT2D eigenvalue weighted by molar-refractivity contribution is 5.93. The molecule has 1 aromatic carbocycles. The van der Waals surface area contributed by atoms with E-state index in [9.17, 15) is 18.0 Å². The van der Waals surface area contributed by atoms with Crippen LogP contribution < -0.4 is 4.90 Å². The number of hydrogen-bond donors (Lipinski definition) is 0. The number of nitrogens with zero attached hydrogens (tertiary/aromatic N) is 2. The Bertz CT molecular complexity index is 401. The van der Waals surface area contributed by atoms with E-state index in [0.717, 1.165) is 6.42 Å². The molecule has 1 saturated heterocycles. The van der Waals surface area contributed by atoms with Crippen molar-refractivity contribution in [2.75, 3.05) is 18.0 Å². The molecular weight excluding hydrogens is 233 g/mol. The molecule has 0 radical (unpaired) electrons. The molecule has 17 heavy (non-hydrogen) atoms. The van der Waals surface area contributed by atoms with Gasteiger partial charge in [-0.05, 0) is 18.6 Å². The highest BCUT2D eigenvalue weighted by Crippen LogP contribution is 2.30. The van der Waals surface area contributed by atoms with Crippen LogP contribution in [0, 0.1) is 0 Å². The average molecular weight is 244 g/mol. The number of rotatable bonds is 1. The van der Waals surface area contributed by atoms with E-state index in [0.29, 0.717) is 13.1 Å². The first-order valence-electron chi connectivity index (χ1n) is 5.21. The van der Waals surface area contributed by atoms with Gasteiger partial charge in [-0.15, -0.1) is 13.2 Å². The Morgan fingerprint density at radius 2 is 1.76 bits per heavy atom. The number of urea groups is 1. The Labute approximate surface area is 96.4 Å². The zero-order valence-corrected chi connectivity index (χ0v) is 8.94. The molecule has 0 bridgehead atoms. The van der Waals surface area contributed by atoms with Gasteiger partial charge < -0.3 is 4.90 Å². The number of benzene rings is 1. The van der Waals surface area contributed by atoms with Crippen LogP contribution in [-0.2, 0) is 0 Å². The fourth-order valence-corrected chi connectivity index (χ4v) is 1.59. The second-order valence-electron chi connectivity index (χ2n) is 3.76. The molecule has 3 nitrogen and oxygen atoms in total. The minimum Gasteiger partial charge on any atom is -0.324 e. The highest BCUT2D eigenvalue weighted by Gasteiger charge is 2.44. The molecule has 1 fully saturated rings. The zero-order chi connectivity index (χ0) is 12.5. The van der Waals surface area contributed by atoms with Gasteiger partial charge >= 0.3 is 12.3 Å². The summed E-state index contributed by atoms with van der Waals surface area (Å²) < 4.78 is 38.6. The summed E-state index contributed by atoms with van der Waals surface area (Å²) in [4.78, 5) is 12.8. The Morgan fingerprint density at radius 1 is 1.18 bits per heavy atom. The van der Waals surface area contributed by atoms with Crippen molar-refractivity contribution in [3.05, 3.63) is 30.3 Å². The van der Waals surface area contributed by atoms with E-state index in [1.54, 1.807) is 6.07 Å². The van der Waals surface area contributed by atoms with Gasteiger partial charge in [-0.1, -0.05) is 18.2 Å². The summed E-state index contributed by atoms with van der Waals surface area (Å²) in [7, 11) is 0. The van der Waals surface area contributed by atoms with E-state index in [4.69, 9.17) is 0 Å². The third-order valence-electron chi connectivity index (χ3n) is 2.59. The predicted molar refractivity (Wildman–Crippen MR) is 56.6 cm³/mol. The molecule has 0 unspecified atom stereocenters. The second kappa shape index (κ2) is 4.27. The lowest BCUT2D eigenvalue weighted by atomic mass is 10.2. The fraction of sp³-hybridized carbons (Fsp3) is 0.364. The van der Waals surface area contributed by atoms with Crippen LogP contribution in [0.1, 0.15) is 6.42 Å². The number of anilines is 1. The summed E-state index contributed by atoms with van der Waals surface area (Å²) in [6.07, 6.45) is -3.94. The van der Waals surface area contributed by atoms with Gasteiger partial charge in [-0.3, -0.25) is 0 Å². The van der Waals surface area contributed by atoms with Crippen molar-refractivity contribution in [2.45, 2.75) is 12.7 Å². The van der Waals surface area contributed by atoms with Crippen LogP contribution in [0.2, 0.25) is 0 Å². The van der Waals surface area contributed by atoms with Crippen molar-refractivity contribution in [3.63, 3.8) is 0 Å². The van der Waals surface area contributed by atoms with Crippen molar-refractivity contribution in [1.29, 1.82) is 0 Å². The minimum absolute atomic E-state index is 0.119. The normalized spacial score (nSPS) is 15.4. The van der Waals surface area contributed by atoms with Crippen LogP contribution in [-0.4, -0.2) is 30.3 Å². The van der Waals surface area contributed by atoms with Gasteiger partial charge in [0, 0.05) is 13.1 Å². The van der Waals surface area contributed by atoms with E-state index in [-0.39, 0.29) is 10.6 Å². The maximum absolute atomic E-state index is 12.9. The molecule has 92 valence electrons. The van der Waals surface area contributed by atoms with Gasteiger partial charge in [0.2, 0.25) is 0 Å². The fourth-order valence-electron chi connectivity index (χ4n) is 1.59. The molecule has 0 aliphatic carbocycles. The van der Waals surface area contributed by atoms with E-state index >= 15 is 0 Å². The molecule has 0 atom stereocenters. The van der Waals surface area contributed by atoms with Crippen LogP contribution in [0.15, 0.2) is 30.3 Å². The van der Waals surface area contributed by atoms with E-state index < -0.39 is 12.3 Å². The first-order valence-corrected chi connectivity index (χ1v) is 5.21. The Kier molecular flexibility index (Phi) is 2.95. The molecular formula is C11H11F3N2O. The van der Waals surface area contributed by atoms with Crippen LogP contribution in [0.25, 0.3) is 0 Å². The van der Waals surface area contributed by atoms with Gasteiger partial charge in [0.25, 0.3) is 0 Å². The standard InChI is InChI=1S/C11H11F3N2O/c12-11(13,14)16(9-5-2-1-3-6-9)10(17)15-7-4-8-15/h1-3,5-6H,4,7-8H2. The number of carbonyl (C=O) groups excluding carboxylic acids is 1. The Balaban J connectivity index is 2.28. The lowest BCUT2D eigenvalue weighted by Crippen LogP contribution is -2.54. The summed E-state index contributed by atoms with van der Waals surface area (Å²) in [5.74, 6) is 0. The van der Waals surface area contributed by atoms with Crippen LogP contribution in [0.3, 0.4) is 0 Å². The Morgan fingerprint density at radius 3 is 2.18 bits per heavy atom. The molecule has 1 aromatic rings. The first-order chi connectivity index (χ1) is 8.00. The quantitative estimate of drug-likeness (QED) is 0.697. The largest absolute Gasteiger partial charge is 0.493 e. The third-order valence-corrected chi connectivity index (χ3v) is 2.59. The number of likely N-dealkylation sites (tertiary alicyclic amines) is 1. The molecule has 2 rings (SSSR count). The van der Waals surface area contributed by atoms with Gasteiger partial charge in [0.05, 0.1) is 5.69 Å². The number of amides is 2. The van der Waals surface area contributed by atoms with Gasteiger partial charge in [-0.25, -0.2) is 9.69 Å². The number of hydrogen-bond acceptors (Lipinski definition) is 1. The Hall–Kier alpha value is -1.72. The molecule has 1 heterocycles. The van der Waals surface area contributed by atoms with Crippen LogP contribution in [0.5, 0.6) is 0 Å². The smallest absolute Gasteiger partial charge is 0.324 e. The number of halogens is 3. The monoisotopic (exact) mass is 244 g/mol. The maximum Gasteiger partial charge on any atom is 0.493 e. The molecule has 0 spiro atoms. The first kappa shape index (κ1) is 11.8. The van der Waals surface area contributed by atoms with Crippen LogP contribution in [0.4, 0.5) is 23.7 Å². The molecule has 1 aliphatic rings. The van der Waals surface area contributed by atoms with Gasteiger partial charge in [0.15, 0.2) is 0 Å². The topological polar surface area (TPSA) is 23.6 Å². The van der Waals surface area contributed by atoms with E-state index in [1.807, 2.05) is 0 Å².